The molecule has 0 saturated heterocycles. The lowest BCUT2D eigenvalue weighted by Crippen LogP contribution is -2.05. The highest BCUT2D eigenvalue weighted by Crippen LogP contribution is 2.41. The van der Waals surface area contributed by atoms with E-state index >= 15 is 0 Å². The van der Waals surface area contributed by atoms with Crippen molar-refractivity contribution in [1.29, 1.82) is 0 Å². The number of hydrogen-bond acceptors (Lipinski definition) is 4. The first-order valence-electron chi connectivity index (χ1n) is 6.90. The summed E-state index contributed by atoms with van der Waals surface area (Å²) in [5.41, 5.74) is 0.891. The molecule has 1 aromatic rings. The SMILES string of the molecule is CCCNc1cccc(SC2CCCC2)c1[N+](=O)[O-]. The van der Waals surface area contributed by atoms with Crippen LogP contribution in [0.25, 0.3) is 0 Å². The van der Waals surface area contributed by atoms with E-state index in [0.29, 0.717) is 10.9 Å². The van der Waals surface area contributed by atoms with Crippen molar-refractivity contribution in [2.75, 3.05) is 11.9 Å². The van der Waals surface area contributed by atoms with Gasteiger partial charge >= 0.3 is 5.69 Å². The zero-order chi connectivity index (χ0) is 13.7. The summed E-state index contributed by atoms with van der Waals surface area (Å²) in [6.45, 7) is 2.81. The van der Waals surface area contributed by atoms with Crippen molar-refractivity contribution in [2.45, 2.75) is 49.2 Å². The molecule has 5 heteroatoms. The van der Waals surface area contributed by atoms with E-state index in [0.717, 1.165) is 17.9 Å². The highest BCUT2D eigenvalue weighted by Gasteiger charge is 2.24. The normalized spacial score (nSPS) is 15.6. The zero-order valence-electron chi connectivity index (χ0n) is 11.2. The molecule has 0 aromatic heterocycles. The van der Waals surface area contributed by atoms with Crippen LogP contribution < -0.4 is 5.32 Å². The molecule has 0 amide bonds. The molecule has 19 heavy (non-hydrogen) atoms. The number of nitro benzene ring substituents is 1. The van der Waals surface area contributed by atoms with Gasteiger partial charge in [-0.25, -0.2) is 0 Å². The smallest absolute Gasteiger partial charge is 0.305 e. The molecule has 1 aromatic carbocycles. The number of nitro groups is 1. The van der Waals surface area contributed by atoms with E-state index in [1.807, 2.05) is 12.1 Å². The summed E-state index contributed by atoms with van der Waals surface area (Å²) in [6, 6.07) is 5.58. The van der Waals surface area contributed by atoms with Crippen LogP contribution in [0.1, 0.15) is 39.0 Å². The van der Waals surface area contributed by atoms with Gasteiger partial charge in [-0.15, -0.1) is 11.8 Å². The number of thioether (sulfide) groups is 1. The molecule has 0 spiro atoms. The fraction of sp³-hybridized carbons (Fsp3) is 0.571. The third kappa shape index (κ3) is 3.62. The van der Waals surface area contributed by atoms with Crippen LogP contribution in [-0.2, 0) is 0 Å². The summed E-state index contributed by atoms with van der Waals surface area (Å²) in [5.74, 6) is 0. The summed E-state index contributed by atoms with van der Waals surface area (Å²) >= 11 is 1.67. The van der Waals surface area contributed by atoms with Gasteiger partial charge < -0.3 is 5.32 Å². The first kappa shape index (κ1) is 14.2. The fourth-order valence-electron chi connectivity index (χ4n) is 2.39. The third-order valence-corrected chi connectivity index (χ3v) is 4.73. The molecule has 0 aliphatic heterocycles. The maximum Gasteiger partial charge on any atom is 0.305 e. The predicted molar refractivity (Wildman–Crippen MR) is 80.0 cm³/mol. The average molecular weight is 280 g/mol. The number of benzene rings is 1. The lowest BCUT2D eigenvalue weighted by molar-refractivity contribution is -0.386. The maximum absolute atomic E-state index is 11.3. The number of hydrogen-bond donors (Lipinski definition) is 1. The first-order valence-corrected chi connectivity index (χ1v) is 7.78. The van der Waals surface area contributed by atoms with E-state index in [9.17, 15) is 10.1 Å². The first-order chi connectivity index (χ1) is 9.22. The summed E-state index contributed by atoms with van der Waals surface area (Å²) in [5, 5.41) is 15.0. The van der Waals surface area contributed by atoms with E-state index in [1.54, 1.807) is 17.8 Å². The Balaban J connectivity index is 2.22. The van der Waals surface area contributed by atoms with Gasteiger partial charge in [0, 0.05) is 11.8 Å². The molecule has 0 atom stereocenters. The van der Waals surface area contributed by atoms with Gasteiger partial charge in [0.1, 0.15) is 5.69 Å². The molecule has 1 aliphatic rings. The topological polar surface area (TPSA) is 55.2 Å². The summed E-state index contributed by atoms with van der Waals surface area (Å²) in [6.07, 6.45) is 5.80. The van der Waals surface area contributed by atoms with Gasteiger partial charge in [0.15, 0.2) is 0 Å². The predicted octanol–water partition coefficient (Wildman–Crippen LogP) is 4.45. The van der Waals surface area contributed by atoms with Crippen LogP contribution in [0.3, 0.4) is 0 Å². The van der Waals surface area contributed by atoms with Crippen LogP contribution >= 0.6 is 11.8 Å². The molecule has 0 heterocycles. The molecule has 4 nitrogen and oxygen atoms in total. The standard InChI is InChI=1S/C14H20N2O2S/c1-2-10-15-12-8-5-9-13(14(12)16(17)18)19-11-6-3-4-7-11/h5,8-9,11,15H,2-4,6-7,10H2,1H3. The number of rotatable bonds is 6. The molecule has 1 aliphatic carbocycles. The van der Waals surface area contributed by atoms with Crippen LogP contribution in [-0.4, -0.2) is 16.7 Å². The lowest BCUT2D eigenvalue weighted by atomic mass is 10.2. The van der Waals surface area contributed by atoms with E-state index < -0.39 is 0 Å². The summed E-state index contributed by atoms with van der Waals surface area (Å²) in [4.78, 5) is 11.9. The van der Waals surface area contributed by atoms with Crippen LogP contribution in [0.2, 0.25) is 0 Å². The minimum Gasteiger partial charge on any atom is -0.379 e. The van der Waals surface area contributed by atoms with E-state index in [4.69, 9.17) is 0 Å². The molecule has 1 N–H and O–H groups in total. The minimum absolute atomic E-state index is 0.243. The Morgan fingerprint density at radius 1 is 1.42 bits per heavy atom. The highest BCUT2D eigenvalue weighted by atomic mass is 32.2. The largest absolute Gasteiger partial charge is 0.379 e. The molecule has 2 rings (SSSR count). The van der Waals surface area contributed by atoms with Crippen LogP contribution in [0.15, 0.2) is 23.1 Å². The Hall–Kier alpha value is -1.23. The molecule has 1 saturated carbocycles. The molecular formula is C14H20N2O2S. The molecule has 104 valence electrons. The number of nitrogens with zero attached hydrogens (tertiary/aromatic N) is 1. The van der Waals surface area contributed by atoms with Gasteiger partial charge in [-0.05, 0) is 31.4 Å². The number of para-hydroxylation sites is 1. The molecule has 0 bridgehead atoms. The summed E-state index contributed by atoms with van der Waals surface area (Å²) in [7, 11) is 0. The number of anilines is 1. The highest BCUT2D eigenvalue weighted by molar-refractivity contribution is 8.00. The fourth-order valence-corrected chi connectivity index (χ4v) is 3.78. The van der Waals surface area contributed by atoms with Crippen molar-refractivity contribution in [3.05, 3.63) is 28.3 Å². The molecule has 1 fully saturated rings. The second-order valence-electron chi connectivity index (χ2n) is 4.86. The second-order valence-corrected chi connectivity index (χ2v) is 6.20. The van der Waals surface area contributed by atoms with Crippen LogP contribution in [0.4, 0.5) is 11.4 Å². The van der Waals surface area contributed by atoms with Crippen molar-refractivity contribution in [3.8, 4) is 0 Å². The molecular weight excluding hydrogens is 260 g/mol. The Kier molecular flexibility index (Phi) is 5.07. The Labute approximate surface area is 118 Å². The average Bonchev–Trinajstić information content (AvgIpc) is 2.89. The van der Waals surface area contributed by atoms with Gasteiger partial charge in [0.25, 0.3) is 0 Å². The van der Waals surface area contributed by atoms with Gasteiger partial charge in [-0.1, -0.05) is 25.8 Å². The van der Waals surface area contributed by atoms with E-state index in [-0.39, 0.29) is 10.6 Å². The Morgan fingerprint density at radius 2 is 2.16 bits per heavy atom. The minimum atomic E-state index is -0.255. The van der Waals surface area contributed by atoms with Gasteiger partial charge in [0.05, 0.1) is 9.82 Å². The van der Waals surface area contributed by atoms with Crippen molar-refractivity contribution < 1.29 is 4.92 Å². The van der Waals surface area contributed by atoms with Crippen LogP contribution in [0, 0.1) is 10.1 Å². The van der Waals surface area contributed by atoms with E-state index in [1.165, 1.54) is 25.7 Å². The van der Waals surface area contributed by atoms with Gasteiger partial charge in [-0.2, -0.15) is 0 Å². The number of nitrogens with one attached hydrogen (secondary N) is 1. The van der Waals surface area contributed by atoms with Crippen molar-refractivity contribution in [2.24, 2.45) is 0 Å². The Morgan fingerprint density at radius 3 is 2.79 bits per heavy atom. The quantitative estimate of drug-likeness (QED) is 0.617. The van der Waals surface area contributed by atoms with Crippen molar-refractivity contribution >= 4 is 23.1 Å². The van der Waals surface area contributed by atoms with Crippen molar-refractivity contribution in [1.82, 2.24) is 0 Å². The van der Waals surface area contributed by atoms with Crippen LogP contribution in [0.5, 0.6) is 0 Å². The molecule has 0 radical (unpaired) electrons. The molecule has 0 unspecified atom stereocenters. The van der Waals surface area contributed by atoms with Gasteiger partial charge in [0.2, 0.25) is 0 Å². The van der Waals surface area contributed by atoms with E-state index in [2.05, 4.69) is 12.2 Å². The monoisotopic (exact) mass is 280 g/mol. The maximum atomic E-state index is 11.3. The van der Waals surface area contributed by atoms with Crippen molar-refractivity contribution in [3.63, 3.8) is 0 Å². The summed E-state index contributed by atoms with van der Waals surface area (Å²) < 4.78 is 0. The third-order valence-electron chi connectivity index (χ3n) is 3.34. The lowest BCUT2D eigenvalue weighted by Gasteiger charge is -2.12. The van der Waals surface area contributed by atoms with Gasteiger partial charge in [-0.3, -0.25) is 10.1 Å². The Bertz CT molecular complexity index is 445. The second kappa shape index (κ2) is 6.80. The zero-order valence-corrected chi connectivity index (χ0v) is 12.0.